The first-order chi connectivity index (χ1) is 19.7. The lowest BCUT2D eigenvalue weighted by molar-refractivity contribution is -0.147. The number of aromatic nitrogens is 1. The first-order valence-electron chi connectivity index (χ1n) is 14.5. The number of hydrogen-bond donors (Lipinski definition) is 2. The van der Waals surface area contributed by atoms with Crippen LogP contribution in [-0.4, -0.2) is 69.8 Å². The molecule has 3 aromatic rings. The Bertz CT molecular complexity index is 1460. The molecule has 2 aromatic carbocycles. The summed E-state index contributed by atoms with van der Waals surface area (Å²) in [5, 5.41) is 1.33. The Labute approximate surface area is 247 Å². The summed E-state index contributed by atoms with van der Waals surface area (Å²) in [5.41, 5.74) is 3.51. The fraction of sp³-hybridized carbons (Fsp3) is 0.516. The molecule has 1 saturated heterocycles. The van der Waals surface area contributed by atoms with E-state index in [2.05, 4.69) is 23.6 Å². The van der Waals surface area contributed by atoms with E-state index in [0.29, 0.717) is 68.5 Å². The topological polar surface area (TPSA) is 101 Å². The van der Waals surface area contributed by atoms with E-state index in [9.17, 15) is 13.2 Å². The third-order valence-corrected chi connectivity index (χ3v) is 10.4. The molecule has 41 heavy (non-hydrogen) atoms. The predicted molar refractivity (Wildman–Crippen MR) is 162 cm³/mol. The molecule has 2 aliphatic rings. The number of H-pyrrole nitrogens is 1. The van der Waals surface area contributed by atoms with Gasteiger partial charge in [-0.25, -0.2) is 13.1 Å². The van der Waals surface area contributed by atoms with E-state index in [-0.39, 0.29) is 28.8 Å². The van der Waals surface area contributed by atoms with Crippen molar-refractivity contribution in [3.8, 4) is 11.3 Å². The number of morpholine rings is 1. The van der Waals surface area contributed by atoms with Gasteiger partial charge in [-0.1, -0.05) is 49.7 Å². The fourth-order valence-corrected chi connectivity index (χ4v) is 7.65. The largest absolute Gasteiger partial charge is 0.384 e. The summed E-state index contributed by atoms with van der Waals surface area (Å²) in [7, 11) is -2.06. The molecule has 222 valence electrons. The van der Waals surface area contributed by atoms with Crippen LogP contribution in [0.25, 0.3) is 22.2 Å². The lowest BCUT2D eigenvalue weighted by atomic mass is 9.85. The van der Waals surface area contributed by atoms with Crippen molar-refractivity contribution in [2.45, 2.75) is 62.9 Å². The van der Waals surface area contributed by atoms with Crippen molar-refractivity contribution in [2.24, 2.45) is 11.8 Å². The molecule has 1 aromatic heterocycles. The summed E-state index contributed by atoms with van der Waals surface area (Å²) in [5.74, 6) is 0.444. The van der Waals surface area contributed by atoms with E-state index >= 15 is 0 Å². The van der Waals surface area contributed by atoms with Gasteiger partial charge in [-0.05, 0) is 67.3 Å². The number of halogens is 1. The van der Waals surface area contributed by atoms with Gasteiger partial charge in [0.15, 0.2) is 0 Å². The zero-order valence-corrected chi connectivity index (χ0v) is 25.6. The Morgan fingerprint density at radius 1 is 1.15 bits per heavy atom. The lowest BCUT2D eigenvalue weighted by Crippen LogP contribution is -2.53. The van der Waals surface area contributed by atoms with Gasteiger partial charge in [0.05, 0.1) is 41.5 Å². The van der Waals surface area contributed by atoms with Crippen molar-refractivity contribution in [3.05, 3.63) is 53.1 Å². The number of amides is 1. The number of carbonyl (C=O) groups excluding carboxylic acids is 1. The number of sulfonamides is 1. The van der Waals surface area contributed by atoms with E-state index in [1.807, 2.05) is 29.2 Å². The molecule has 0 spiro atoms. The number of hydrogen-bond acceptors (Lipinski definition) is 5. The number of fused-ring (bicyclic) bond motifs is 1. The molecule has 0 radical (unpaired) electrons. The Balaban J connectivity index is 1.24. The highest BCUT2D eigenvalue weighted by molar-refractivity contribution is 7.89. The maximum absolute atomic E-state index is 13.4. The average Bonchev–Trinajstić information content (AvgIpc) is 3.31. The molecule has 0 bridgehead atoms. The highest BCUT2D eigenvalue weighted by atomic mass is 35.5. The standard InChI is InChI=1S/C31H40ClN3O5S/c1-20(2)28-19-40-17-15-35(28)31(36)23-8-10-24(11-9-23)34-41(37,38)25-12-13-26-27(18-25)33-30(29(26)32)22-6-4-21(5-7-22)14-16-39-3/h4-7,12-13,18,20,23-24,28,33-34H,8-11,14-17,19H2,1-3H3/t23-,24-,28-/m1/s1. The summed E-state index contributed by atoms with van der Waals surface area (Å²) < 4.78 is 40.4. The molecular weight excluding hydrogens is 562 g/mol. The number of rotatable bonds is 9. The highest BCUT2D eigenvalue weighted by Crippen LogP contribution is 2.36. The van der Waals surface area contributed by atoms with Gasteiger partial charge in [-0.15, -0.1) is 0 Å². The number of nitrogens with one attached hydrogen (secondary N) is 2. The Morgan fingerprint density at radius 2 is 1.88 bits per heavy atom. The molecule has 2 N–H and O–H groups in total. The SMILES string of the molecule is COCCc1ccc(-c2[nH]c3cc(S(=O)(=O)N[C@H]4CC[C@H](C(=O)N5CCOC[C@@H]5C(C)C)CC4)ccc3c2Cl)cc1. The minimum atomic E-state index is -3.75. The number of aromatic amines is 1. The van der Waals surface area contributed by atoms with Crippen LogP contribution < -0.4 is 4.72 Å². The van der Waals surface area contributed by atoms with Crippen molar-refractivity contribution in [1.82, 2.24) is 14.6 Å². The average molecular weight is 602 g/mol. The maximum Gasteiger partial charge on any atom is 0.240 e. The lowest BCUT2D eigenvalue weighted by Gasteiger charge is -2.41. The number of ether oxygens (including phenoxy) is 2. The Morgan fingerprint density at radius 3 is 2.56 bits per heavy atom. The third kappa shape index (κ3) is 6.65. The van der Waals surface area contributed by atoms with Crippen LogP contribution in [0.3, 0.4) is 0 Å². The van der Waals surface area contributed by atoms with E-state index < -0.39 is 10.0 Å². The van der Waals surface area contributed by atoms with Crippen molar-refractivity contribution >= 4 is 38.4 Å². The highest BCUT2D eigenvalue weighted by Gasteiger charge is 2.36. The summed E-state index contributed by atoms with van der Waals surface area (Å²) >= 11 is 6.70. The van der Waals surface area contributed by atoms with Gasteiger partial charge in [0, 0.05) is 36.5 Å². The van der Waals surface area contributed by atoms with Crippen LogP contribution in [0.1, 0.15) is 45.1 Å². The molecule has 8 nitrogen and oxygen atoms in total. The number of nitrogens with zero attached hydrogens (tertiary/aromatic N) is 1. The molecule has 2 heterocycles. The molecule has 1 aliphatic carbocycles. The molecule has 1 aliphatic heterocycles. The molecule has 0 unspecified atom stereocenters. The van der Waals surface area contributed by atoms with Gasteiger partial charge in [-0.2, -0.15) is 0 Å². The number of benzene rings is 2. The Kier molecular flexibility index (Phi) is 9.40. The van der Waals surface area contributed by atoms with Gasteiger partial charge in [0.1, 0.15) is 0 Å². The second-order valence-corrected chi connectivity index (χ2v) is 13.6. The summed E-state index contributed by atoms with van der Waals surface area (Å²) in [4.78, 5) is 18.8. The first-order valence-corrected chi connectivity index (χ1v) is 16.3. The fourth-order valence-electron chi connectivity index (χ4n) is 6.00. The van der Waals surface area contributed by atoms with Crippen LogP contribution in [0.2, 0.25) is 5.02 Å². The molecule has 1 atom stereocenters. The van der Waals surface area contributed by atoms with Gasteiger partial charge in [0.25, 0.3) is 0 Å². The summed E-state index contributed by atoms with van der Waals surface area (Å²) in [6, 6.07) is 13.0. The minimum Gasteiger partial charge on any atom is -0.384 e. The van der Waals surface area contributed by atoms with Crippen LogP contribution in [0, 0.1) is 11.8 Å². The Hall–Kier alpha value is -2.43. The molecular formula is C31H40ClN3O5S. The van der Waals surface area contributed by atoms with Crippen LogP contribution in [-0.2, 0) is 30.7 Å². The van der Waals surface area contributed by atoms with Crippen LogP contribution in [0.15, 0.2) is 47.4 Å². The molecule has 2 fully saturated rings. The van der Waals surface area contributed by atoms with E-state index in [1.165, 1.54) is 5.56 Å². The molecule has 5 rings (SSSR count). The minimum absolute atomic E-state index is 0.0695. The first kappa shape index (κ1) is 30.0. The van der Waals surface area contributed by atoms with Gasteiger partial charge >= 0.3 is 0 Å². The van der Waals surface area contributed by atoms with Crippen molar-refractivity contribution in [3.63, 3.8) is 0 Å². The summed E-state index contributed by atoms with van der Waals surface area (Å²) in [6.45, 7) is 6.67. The van der Waals surface area contributed by atoms with Crippen LogP contribution >= 0.6 is 11.6 Å². The van der Waals surface area contributed by atoms with Gasteiger partial charge in [0.2, 0.25) is 15.9 Å². The summed E-state index contributed by atoms with van der Waals surface area (Å²) in [6.07, 6.45) is 3.44. The third-order valence-electron chi connectivity index (χ3n) is 8.47. The molecule has 1 saturated carbocycles. The zero-order chi connectivity index (χ0) is 29.1. The maximum atomic E-state index is 13.4. The van der Waals surface area contributed by atoms with Crippen LogP contribution in [0.4, 0.5) is 0 Å². The number of carbonyl (C=O) groups is 1. The van der Waals surface area contributed by atoms with Gasteiger partial charge < -0.3 is 19.4 Å². The van der Waals surface area contributed by atoms with Crippen molar-refractivity contribution in [1.29, 1.82) is 0 Å². The second-order valence-electron chi connectivity index (χ2n) is 11.5. The smallest absolute Gasteiger partial charge is 0.240 e. The predicted octanol–water partition coefficient (Wildman–Crippen LogP) is 5.40. The quantitative estimate of drug-likeness (QED) is 0.342. The van der Waals surface area contributed by atoms with Crippen molar-refractivity contribution < 1.29 is 22.7 Å². The van der Waals surface area contributed by atoms with E-state index in [1.54, 1.807) is 25.3 Å². The monoisotopic (exact) mass is 601 g/mol. The molecule has 1 amide bonds. The van der Waals surface area contributed by atoms with E-state index in [0.717, 1.165) is 23.1 Å². The zero-order valence-electron chi connectivity index (χ0n) is 24.0. The van der Waals surface area contributed by atoms with Gasteiger partial charge in [-0.3, -0.25) is 4.79 Å². The molecule has 10 heteroatoms. The van der Waals surface area contributed by atoms with E-state index in [4.69, 9.17) is 21.1 Å². The van der Waals surface area contributed by atoms with Crippen molar-refractivity contribution in [2.75, 3.05) is 33.5 Å². The second kappa shape index (κ2) is 12.8. The van der Waals surface area contributed by atoms with Crippen LogP contribution in [0.5, 0.6) is 0 Å². The normalized spacial score (nSPS) is 22.0. The number of methoxy groups -OCH3 is 1.